The van der Waals surface area contributed by atoms with Crippen LogP contribution < -0.4 is 5.56 Å². The lowest BCUT2D eigenvalue weighted by Gasteiger charge is -1.97. The van der Waals surface area contributed by atoms with Crippen molar-refractivity contribution in [2.75, 3.05) is 0 Å². The molecule has 6 heteroatoms. The molecule has 2 heterocycles. The summed E-state index contributed by atoms with van der Waals surface area (Å²) >= 11 is 0. The average molecular weight is 214 g/mol. The number of para-hydroxylation sites is 2. The monoisotopic (exact) mass is 214 g/mol. The van der Waals surface area contributed by atoms with Gasteiger partial charge >= 0.3 is 0 Å². The summed E-state index contributed by atoms with van der Waals surface area (Å²) in [6.07, 6.45) is 1.16. The molecule has 0 atom stereocenters. The lowest BCUT2D eigenvalue weighted by molar-refractivity contribution is 0.418. The molecule has 0 aliphatic heterocycles. The van der Waals surface area contributed by atoms with Crippen LogP contribution in [0.1, 0.15) is 0 Å². The highest BCUT2D eigenvalue weighted by Crippen LogP contribution is 2.11. The molecule has 0 amide bonds. The minimum absolute atomic E-state index is 0.160. The molecule has 3 aromatic rings. The molecule has 0 spiro atoms. The fourth-order valence-corrected chi connectivity index (χ4v) is 1.46. The van der Waals surface area contributed by atoms with Crippen LogP contribution in [0, 0.1) is 0 Å². The van der Waals surface area contributed by atoms with Crippen molar-refractivity contribution in [3.63, 3.8) is 0 Å². The summed E-state index contributed by atoms with van der Waals surface area (Å²) < 4.78 is 4.58. The van der Waals surface area contributed by atoms with Crippen molar-refractivity contribution >= 4 is 11.0 Å². The van der Waals surface area contributed by atoms with Gasteiger partial charge in [-0.05, 0) is 12.1 Å². The number of hydrogen-bond acceptors (Lipinski definition) is 5. The molecule has 0 aliphatic rings. The molecule has 78 valence electrons. The van der Waals surface area contributed by atoms with Gasteiger partial charge in [-0.2, -0.15) is 4.98 Å². The van der Waals surface area contributed by atoms with Gasteiger partial charge in [0.2, 0.25) is 12.2 Å². The van der Waals surface area contributed by atoms with Crippen LogP contribution in [0.3, 0.4) is 0 Å². The predicted octanol–water partition coefficient (Wildman–Crippen LogP) is 0.973. The summed E-state index contributed by atoms with van der Waals surface area (Å²) in [5.74, 6) is 0.187. The maximum Gasteiger partial charge on any atom is 0.278 e. The van der Waals surface area contributed by atoms with Gasteiger partial charge in [-0.15, -0.1) is 0 Å². The third kappa shape index (κ3) is 1.28. The van der Waals surface area contributed by atoms with E-state index in [-0.39, 0.29) is 17.1 Å². The van der Waals surface area contributed by atoms with Crippen LogP contribution in [0.2, 0.25) is 0 Å². The van der Waals surface area contributed by atoms with Crippen molar-refractivity contribution in [1.82, 2.24) is 20.1 Å². The third-order valence-corrected chi connectivity index (χ3v) is 2.17. The van der Waals surface area contributed by atoms with Gasteiger partial charge in [-0.3, -0.25) is 4.79 Å². The van der Waals surface area contributed by atoms with E-state index in [0.29, 0.717) is 11.0 Å². The number of nitrogens with zero attached hydrogens (tertiary/aromatic N) is 3. The average Bonchev–Trinajstić information content (AvgIpc) is 2.81. The second-order valence-corrected chi connectivity index (χ2v) is 3.19. The van der Waals surface area contributed by atoms with E-state index in [1.165, 1.54) is 0 Å². The highest BCUT2D eigenvalue weighted by atomic mass is 16.5. The van der Waals surface area contributed by atoms with E-state index in [1.807, 2.05) is 12.1 Å². The van der Waals surface area contributed by atoms with Crippen molar-refractivity contribution in [3.05, 3.63) is 41.0 Å². The van der Waals surface area contributed by atoms with Gasteiger partial charge in [0.15, 0.2) is 5.69 Å². The van der Waals surface area contributed by atoms with Gasteiger partial charge in [-0.25, -0.2) is 4.98 Å². The summed E-state index contributed by atoms with van der Waals surface area (Å²) in [5, 5.41) is 3.59. The SMILES string of the molecule is O=c1[nH]c2ccccc2nc1-c1ncon1. The number of aromatic amines is 1. The van der Waals surface area contributed by atoms with Crippen molar-refractivity contribution in [1.29, 1.82) is 0 Å². The quantitative estimate of drug-likeness (QED) is 0.652. The molecule has 0 radical (unpaired) electrons. The Balaban J connectivity index is 2.34. The molecule has 16 heavy (non-hydrogen) atoms. The van der Waals surface area contributed by atoms with Crippen LogP contribution in [-0.2, 0) is 0 Å². The summed E-state index contributed by atoms with van der Waals surface area (Å²) in [6, 6.07) is 7.25. The molecule has 0 saturated heterocycles. The summed E-state index contributed by atoms with van der Waals surface area (Å²) in [5.41, 5.74) is 1.19. The van der Waals surface area contributed by atoms with E-state index in [9.17, 15) is 4.79 Å². The highest BCUT2D eigenvalue weighted by Gasteiger charge is 2.10. The van der Waals surface area contributed by atoms with Crippen LogP contribution in [0.4, 0.5) is 0 Å². The van der Waals surface area contributed by atoms with Crippen LogP contribution in [-0.4, -0.2) is 20.1 Å². The Morgan fingerprint density at radius 2 is 2.12 bits per heavy atom. The minimum atomic E-state index is -0.333. The van der Waals surface area contributed by atoms with Crippen LogP contribution in [0.15, 0.2) is 40.0 Å². The topological polar surface area (TPSA) is 84.7 Å². The van der Waals surface area contributed by atoms with Crippen molar-refractivity contribution in [3.8, 4) is 11.5 Å². The Morgan fingerprint density at radius 3 is 2.94 bits per heavy atom. The Labute approximate surface area is 89.0 Å². The molecule has 0 bridgehead atoms. The first-order valence-corrected chi connectivity index (χ1v) is 4.60. The molecular weight excluding hydrogens is 208 g/mol. The second-order valence-electron chi connectivity index (χ2n) is 3.19. The second kappa shape index (κ2) is 3.27. The predicted molar refractivity (Wildman–Crippen MR) is 55.7 cm³/mol. The number of nitrogens with one attached hydrogen (secondary N) is 1. The Morgan fingerprint density at radius 1 is 1.25 bits per heavy atom. The molecule has 1 aromatic carbocycles. The minimum Gasteiger partial charge on any atom is -0.342 e. The molecular formula is C10H6N4O2. The van der Waals surface area contributed by atoms with Crippen LogP contribution in [0.5, 0.6) is 0 Å². The van der Waals surface area contributed by atoms with E-state index in [4.69, 9.17) is 0 Å². The zero-order valence-corrected chi connectivity index (χ0v) is 8.04. The maximum atomic E-state index is 11.7. The maximum absolute atomic E-state index is 11.7. The van der Waals surface area contributed by atoms with Gasteiger partial charge in [0, 0.05) is 0 Å². The zero-order chi connectivity index (χ0) is 11.0. The van der Waals surface area contributed by atoms with Gasteiger partial charge in [-0.1, -0.05) is 17.3 Å². The van der Waals surface area contributed by atoms with Crippen LogP contribution in [0.25, 0.3) is 22.6 Å². The fourth-order valence-electron chi connectivity index (χ4n) is 1.46. The first-order valence-electron chi connectivity index (χ1n) is 4.60. The molecule has 0 aliphatic carbocycles. The molecule has 3 rings (SSSR count). The summed E-state index contributed by atoms with van der Waals surface area (Å²) in [4.78, 5) is 22.4. The van der Waals surface area contributed by atoms with E-state index < -0.39 is 0 Å². The molecule has 1 N–H and O–H groups in total. The first-order chi connectivity index (χ1) is 7.84. The normalized spacial score (nSPS) is 10.8. The third-order valence-electron chi connectivity index (χ3n) is 2.17. The van der Waals surface area contributed by atoms with E-state index >= 15 is 0 Å². The Bertz CT molecular complexity index is 687. The molecule has 0 unspecified atom stereocenters. The lowest BCUT2D eigenvalue weighted by atomic mass is 10.3. The van der Waals surface area contributed by atoms with Gasteiger partial charge in [0.25, 0.3) is 5.56 Å². The van der Waals surface area contributed by atoms with Crippen molar-refractivity contribution in [2.24, 2.45) is 0 Å². The number of hydrogen-bond donors (Lipinski definition) is 1. The lowest BCUT2D eigenvalue weighted by Crippen LogP contribution is -2.12. The Hall–Kier alpha value is -2.50. The summed E-state index contributed by atoms with van der Waals surface area (Å²) in [7, 11) is 0. The van der Waals surface area contributed by atoms with Gasteiger partial charge < -0.3 is 9.51 Å². The van der Waals surface area contributed by atoms with Crippen molar-refractivity contribution in [2.45, 2.75) is 0 Å². The van der Waals surface area contributed by atoms with E-state index in [1.54, 1.807) is 12.1 Å². The molecule has 2 aromatic heterocycles. The standard InChI is InChI=1S/C10H6N4O2/c15-10-8(9-11-5-16-14-9)12-6-3-1-2-4-7(6)13-10/h1-5H,(H,13,15). The number of benzene rings is 1. The largest absolute Gasteiger partial charge is 0.342 e. The van der Waals surface area contributed by atoms with E-state index in [2.05, 4.69) is 24.6 Å². The number of rotatable bonds is 1. The zero-order valence-electron chi connectivity index (χ0n) is 8.04. The number of H-pyrrole nitrogens is 1. The molecule has 0 saturated carbocycles. The fraction of sp³-hybridized carbons (Fsp3) is 0. The smallest absolute Gasteiger partial charge is 0.278 e. The van der Waals surface area contributed by atoms with Crippen LogP contribution >= 0.6 is 0 Å². The number of aromatic nitrogens is 4. The first kappa shape index (κ1) is 8.78. The number of fused-ring (bicyclic) bond motifs is 1. The Kier molecular flexibility index (Phi) is 1.79. The van der Waals surface area contributed by atoms with Crippen molar-refractivity contribution < 1.29 is 4.52 Å². The summed E-state index contributed by atoms with van der Waals surface area (Å²) in [6.45, 7) is 0. The molecule has 6 nitrogen and oxygen atoms in total. The van der Waals surface area contributed by atoms with E-state index in [0.717, 1.165) is 6.39 Å². The van der Waals surface area contributed by atoms with Gasteiger partial charge in [0.1, 0.15) is 0 Å². The molecule has 0 fully saturated rings. The van der Waals surface area contributed by atoms with Gasteiger partial charge in [0.05, 0.1) is 11.0 Å². The highest BCUT2D eigenvalue weighted by molar-refractivity contribution is 5.75.